The molecule has 0 saturated heterocycles. The molecule has 0 bridgehead atoms. The molecule has 1 N–H and O–H groups in total. The van der Waals surface area contributed by atoms with E-state index in [4.69, 9.17) is 32.9 Å². The average molecular weight is 887 g/mol. The third kappa shape index (κ3) is 14.7. The van der Waals surface area contributed by atoms with Crippen molar-refractivity contribution in [3.63, 3.8) is 0 Å². The minimum atomic E-state index is -0.163. The Labute approximate surface area is 378 Å². The zero-order valence-electron chi connectivity index (χ0n) is 36.9. The van der Waals surface area contributed by atoms with E-state index >= 15 is 0 Å². The molecular weight excluding hydrogens is 821 g/mol. The smallest absolute Gasteiger partial charge is 0.308 e. The number of Topliss-reactive ketones (excluding diaryl/α,β-unsaturated/α-hetero) is 1. The summed E-state index contributed by atoms with van der Waals surface area (Å²) in [5.74, 6) is 1.25. The molecule has 0 atom stereocenters. The maximum atomic E-state index is 12.9. The molecule has 0 unspecified atom stereocenters. The van der Waals surface area contributed by atoms with Crippen LogP contribution < -0.4 is 10.9 Å². The number of ether oxygens (including phenoxy) is 1. The van der Waals surface area contributed by atoms with Crippen molar-refractivity contribution in [2.75, 3.05) is 12.4 Å². The molecule has 62 heavy (non-hydrogen) atoms. The molecule has 2 saturated carbocycles. The molecule has 2 aliphatic carbocycles. The van der Waals surface area contributed by atoms with E-state index < -0.39 is 0 Å². The van der Waals surface area contributed by atoms with Gasteiger partial charge in [-0.1, -0.05) is 107 Å². The van der Waals surface area contributed by atoms with Gasteiger partial charge < -0.3 is 10.1 Å². The van der Waals surface area contributed by atoms with Crippen molar-refractivity contribution >= 4 is 69.5 Å². The third-order valence-electron chi connectivity index (χ3n) is 10.6. The minimum absolute atomic E-state index is 0. The van der Waals surface area contributed by atoms with E-state index in [0.29, 0.717) is 68.4 Å². The molecule has 2 aromatic heterocycles. The number of rotatable bonds is 11. The number of hydrogen-bond donors (Lipinski definition) is 1. The fraction of sp³-hybridized carbons (Fsp3) is 0.420. The molecule has 2 fully saturated rings. The number of nitrogens with one attached hydrogen (secondary N) is 1. The molecule has 2 aliphatic rings. The quantitative estimate of drug-likeness (QED) is 0.0517. The fourth-order valence-corrected chi connectivity index (χ4v) is 7.87. The first kappa shape index (κ1) is 52.9. The number of pyridine rings is 1. The molecule has 0 spiro atoms. The Balaban J connectivity index is 0.000000390. The summed E-state index contributed by atoms with van der Waals surface area (Å²) in [6.07, 6.45) is 13.4. The summed E-state index contributed by atoms with van der Waals surface area (Å²) in [6.45, 7) is 15.8. The Kier molecular flexibility index (Phi) is 23.1. The van der Waals surface area contributed by atoms with Crippen LogP contribution in [0, 0.1) is 11.8 Å². The molecule has 12 heteroatoms. The van der Waals surface area contributed by atoms with Crippen LogP contribution in [0.4, 0.5) is 5.95 Å². The van der Waals surface area contributed by atoms with Gasteiger partial charge in [0.05, 0.1) is 13.0 Å². The van der Waals surface area contributed by atoms with E-state index in [1.165, 1.54) is 11.7 Å². The van der Waals surface area contributed by atoms with Crippen molar-refractivity contribution in [2.45, 2.75) is 113 Å². The summed E-state index contributed by atoms with van der Waals surface area (Å²) in [5, 5.41) is 5.10. The molecule has 4 aromatic rings. The molecule has 6 rings (SSSR count). The van der Waals surface area contributed by atoms with E-state index in [1.807, 2.05) is 77.9 Å². The fourth-order valence-electron chi connectivity index (χ4n) is 7.39. The van der Waals surface area contributed by atoms with Gasteiger partial charge in [-0.05, 0) is 94.6 Å². The summed E-state index contributed by atoms with van der Waals surface area (Å²) in [7, 11) is 3.15. The lowest BCUT2D eigenvalue weighted by Crippen LogP contribution is -2.27. The number of aldehydes is 1. The normalized spacial score (nSPS) is 17.0. The van der Waals surface area contributed by atoms with Gasteiger partial charge in [0.2, 0.25) is 5.95 Å². The van der Waals surface area contributed by atoms with Crippen LogP contribution in [0.1, 0.15) is 112 Å². The number of esters is 1. The summed E-state index contributed by atoms with van der Waals surface area (Å²) in [6, 6.07) is 16.5. The Bertz CT molecular complexity index is 2280. The summed E-state index contributed by atoms with van der Waals surface area (Å²) >= 11 is 12.5. The molecule has 10 nitrogen and oxygen atoms in total. The van der Waals surface area contributed by atoms with E-state index in [0.717, 1.165) is 73.6 Å². The first-order valence-electron chi connectivity index (χ1n) is 21.2. The number of aryl methyl sites for hydroxylation is 1. The first-order chi connectivity index (χ1) is 29.4. The number of anilines is 1. The number of carbonyl (C=O) groups excluding carboxylic acids is 3. The summed E-state index contributed by atoms with van der Waals surface area (Å²) in [5.41, 5.74) is 5.40. The van der Waals surface area contributed by atoms with Gasteiger partial charge in [-0.25, -0.2) is 4.98 Å². The van der Waals surface area contributed by atoms with Crippen LogP contribution in [0.25, 0.3) is 27.7 Å². The summed E-state index contributed by atoms with van der Waals surface area (Å²) in [4.78, 5) is 61.3. The molecule has 0 aliphatic heterocycles. The van der Waals surface area contributed by atoms with Crippen molar-refractivity contribution in [1.29, 1.82) is 0 Å². The van der Waals surface area contributed by atoms with Gasteiger partial charge in [0, 0.05) is 81.2 Å². The van der Waals surface area contributed by atoms with E-state index in [-0.39, 0.29) is 30.9 Å². The highest BCUT2D eigenvalue weighted by Crippen LogP contribution is 2.32. The van der Waals surface area contributed by atoms with E-state index in [9.17, 15) is 19.2 Å². The average Bonchev–Trinajstić information content (AvgIpc) is 3.28. The van der Waals surface area contributed by atoms with Gasteiger partial charge in [0.25, 0.3) is 5.56 Å². The maximum Gasteiger partial charge on any atom is 0.308 e. The predicted molar refractivity (Wildman–Crippen MR) is 259 cm³/mol. The SMILES string of the molecule is C.C=CC(/C=C(\C=O)c1ccccc1Cl)=C(/C)N=C(C)CC1CCC(C(=O)OC)CC1.CC.CC.Cn1c(=O)c(-c2ccccc2Cl)cc2cnc(NC3CCC(=O)CC3)nc21. The van der Waals surface area contributed by atoms with Crippen LogP contribution in [0.2, 0.25) is 10.0 Å². The Morgan fingerprint density at radius 3 is 2.13 bits per heavy atom. The maximum absolute atomic E-state index is 12.9. The largest absolute Gasteiger partial charge is 0.469 e. The van der Waals surface area contributed by atoms with Gasteiger partial charge in [-0.3, -0.25) is 28.7 Å². The number of hydrogen-bond acceptors (Lipinski definition) is 9. The number of halogens is 2. The van der Waals surface area contributed by atoms with Crippen molar-refractivity contribution in [1.82, 2.24) is 14.5 Å². The van der Waals surface area contributed by atoms with Crippen LogP contribution in [0.15, 0.2) is 101 Å². The number of benzene rings is 2. The van der Waals surface area contributed by atoms with E-state index in [2.05, 4.69) is 21.9 Å². The molecule has 0 radical (unpaired) electrons. The third-order valence-corrected chi connectivity index (χ3v) is 11.2. The number of ketones is 1. The second kappa shape index (κ2) is 27.0. The molecular formula is C50H65Cl2N5O5. The highest BCUT2D eigenvalue weighted by atomic mass is 35.5. The topological polar surface area (TPSA) is 133 Å². The van der Waals surface area contributed by atoms with Gasteiger partial charge in [-0.2, -0.15) is 4.98 Å². The van der Waals surface area contributed by atoms with Crippen LogP contribution >= 0.6 is 23.2 Å². The number of aromatic nitrogens is 3. The molecule has 334 valence electrons. The van der Waals surface area contributed by atoms with Gasteiger partial charge >= 0.3 is 5.97 Å². The zero-order chi connectivity index (χ0) is 45.1. The van der Waals surface area contributed by atoms with Gasteiger partial charge in [-0.15, -0.1) is 0 Å². The van der Waals surface area contributed by atoms with Crippen molar-refractivity contribution in [3.8, 4) is 11.1 Å². The second-order valence-electron chi connectivity index (χ2n) is 14.6. The lowest BCUT2D eigenvalue weighted by molar-refractivity contribution is -0.146. The molecule has 0 amide bonds. The van der Waals surface area contributed by atoms with Gasteiger partial charge in [0.1, 0.15) is 11.4 Å². The van der Waals surface area contributed by atoms with Crippen LogP contribution in [-0.2, 0) is 26.2 Å². The first-order valence-corrected chi connectivity index (χ1v) is 21.9. The molecule has 2 heterocycles. The van der Waals surface area contributed by atoms with Crippen LogP contribution in [0.5, 0.6) is 0 Å². The monoisotopic (exact) mass is 885 g/mol. The van der Waals surface area contributed by atoms with Gasteiger partial charge in [0.15, 0.2) is 6.29 Å². The number of carbonyl (C=O) groups is 3. The van der Waals surface area contributed by atoms with E-state index in [1.54, 1.807) is 43.6 Å². The highest BCUT2D eigenvalue weighted by Gasteiger charge is 2.27. The standard InChI is InChI=1S/C25H30ClNO3.C20H19ClN4O2.2C2H6.CH4/c1-5-20(15-22(16-28)23-8-6-7-9-24(23)26)18(3)27-17(2)14-19-10-12-21(13-11-19)25(29)30-4;1-25-18-12(10-16(19(25)27)15-4-2-3-5-17(15)21)11-22-20(24-18)23-13-6-8-14(26)9-7-13;2*1-2;/h5-9,15-16,19,21H,1,10-14H2,2-4H3;2-5,10-11,13H,6-9H2,1H3,(H,22,23,24);2*1-2H3;1H4/b20-18+,22-15+,27-17?;;;;. The minimum Gasteiger partial charge on any atom is -0.469 e. The van der Waals surface area contributed by atoms with Crippen molar-refractivity contribution < 1.29 is 19.1 Å². The molecule has 2 aromatic carbocycles. The predicted octanol–water partition coefficient (Wildman–Crippen LogP) is 12.5. The number of allylic oxidation sites excluding steroid dienone is 5. The Morgan fingerprint density at radius 1 is 0.935 bits per heavy atom. The Morgan fingerprint density at radius 2 is 1.55 bits per heavy atom. The zero-order valence-corrected chi connectivity index (χ0v) is 38.4. The van der Waals surface area contributed by atoms with Crippen molar-refractivity contribution in [3.05, 3.63) is 117 Å². The number of nitrogens with zero attached hydrogens (tertiary/aromatic N) is 4. The number of methoxy groups -OCH3 is 1. The number of aliphatic imine (C=N–C) groups is 1. The lowest BCUT2D eigenvalue weighted by atomic mass is 9.80. The van der Waals surface area contributed by atoms with Crippen LogP contribution in [-0.4, -0.2) is 51.4 Å². The summed E-state index contributed by atoms with van der Waals surface area (Å²) < 4.78 is 6.38. The Hall–Kier alpha value is -5.19. The number of fused-ring (bicyclic) bond motifs is 1. The second-order valence-corrected chi connectivity index (χ2v) is 15.4. The highest BCUT2D eigenvalue weighted by molar-refractivity contribution is 6.34. The van der Waals surface area contributed by atoms with Crippen LogP contribution in [0.3, 0.4) is 0 Å². The van der Waals surface area contributed by atoms with Crippen molar-refractivity contribution in [2.24, 2.45) is 23.9 Å². The lowest BCUT2D eigenvalue weighted by Gasteiger charge is -2.26.